The van der Waals surface area contributed by atoms with Gasteiger partial charge in [0.05, 0.1) is 23.9 Å². The predicted molar refractivity (Wildman–Crippen MR) is 603 cm³/mol. The van der Waals surface area contributed by atoms with E-state index in [1.54, 1.807) is 0 Å². The Labute approximate surface area is 833 Å². The van der Waals surface area contributed by atoms with Crippen LogP contribution in [0.1, 0.15) is 111 Å². The maximum atomic E-state index is 8.49. The molecule has 0 unspecified atom stereocenters. The normalized spacial score (nSPS) is 13.1. The molecule has 0 atom stereocenters. The van der Waals surface area contributed by atoms with Crippen LogP contribution in [0.2, 0.25) is 0 Å². The second-order valence-electron chi connectivity index (χ2n) is 41.8. The van der Waals surface area contributed by atoms with Gasteiger partial charge in [-0.1, -0.05) is 428 Å². The quantitative estimate of drug-likeness (QED) is 0.114. The minimum absolute atomic E-state index is 0.0120. The molecule has 22 aromatic carbocycles. The molecule has 0 fully saturated rings. The van der Waals surface area contributed by atoms with Crippen molar-refractivity contribution >= 4 is 97.0 Å². The van der Waals surface area contributed by atoms with Gasteiger partial charge in [0.15, 0.2) is 0 Å². The number of aromatic nitrogens is 3. The molecule has 25 aromatic rings. The van der Waals surface area contributed by atoms with Crippen molar-refractivity contribution in [3.63, 3.8) is 0 Å². The first-order valence-corrected chi connectivity index (χ1v) is 49.1. The smallest absolute Gasteiger partial charge is 0.0701 e. The van der Waals surface area contributed by atoms with E-state index in [1.165, 1.54) is 197 Å². The zero-order valence-corrected chi connectivity index (χ0v) is 81.2. The van der Waals surface area contributed by atoms with E-state index in [9.17, 15) is 0 Å². The Balaban J connectivity index is 0.000000117. The standard InChI is InChI=1S/C49H37N.C46H37N.C43H33N/c1-49(2,3)41-29-36-21-23-42-44(34-17-19-35(20-18-34)46-16-10-11-25-50-46)31-45(43-24-22-37(30-41)47(36)48(42)43)40-27-38(32-12-6-4-7-13-32)26-39(28-40)33-14-8-5-9-15-33;1-45(2,3)33-24-31-18-21-36-38(28-13-15-29(16-14-28)42-12-8-9-23-47-42)27-39(37-22-19-32(25-33)43(31)44(36)37)30-17-20-35-34-10-6-7-11-40(34)46(4,5)41(35)26-30;1-43(2,3)35-25-33-20-22-36-38(30-14-12-29(13-15-30)28-9-5-4-6-10-28)27-39(37-23-21-34(26-35)41(33)42(36)37)31-16-18-32(19-17-31)40-11-7-8-24-44-40/h4-31H,1-3H3;6-27H,1-5H3;4-27H,1-3H3/i;;4D,5D,6D,9D,10D. The molecule has 26 rings (SSSR count). The largest absolute Gasteiger partial charge is 0.256 e. The molecule has 0 bridgehead atoms. The van der Waals surface area contributed by atoms with Crippen LogP contribution >= 0.6 is 0 Å². The highest BCUT2D eigenvalue weighted by Crippen LogP contribution is 2.55. The van der Waals surface area contributed by atoms with Crippen molar-refractivity contribution in [3.8, 4) is 145 Å². The zero-order valence-electron chi connectivity index (χ0n) is 86.2. The van der Waals surface area contributed by atoms with E-state index in [-0.39, 0.29) is 57.4 Å². The zero-order chi connectivity index (χ0) is 100. The summed E-state index contributed by atoms with van der Waals surface area (Å²) in [5.41, 5.74) is 35.7. The highest BCUT2D eigenvalue weighted by molar-refractivity contribution is 6.32. The Morgan fingerprint density at radius 3 is 0.801 bits per heavy atom. The lowest BCUT2D eigenvalue weighted by Gasteiger charge is -2.24. The average Bonchev–Trinajstić information content (AvgIpc) is 1.35. The van der Waals surface area contributed by atoms with E-state index in [2.05, 4.69) is 425 Å². The van der Waals surface area contributed by atoms with Crippen LogP contribution in [0.4, 0.5) is 0 Å². The lowest BCUT2D eigenvalue weighted by atomic mass is 9.80. The number of hydrogen-bond acceptors (Lipinski definition) is 3. The highest BCUT2D eigenvalue weighted by Gasteiger charge is 2.36. The molecule has 0 N–H and O–H groups in total. The van der Waals surface area contributed by atoms with Crippen molar-refractivity contribution in [1.29, 1.82) is 0 Å². The van der Waals surface area contributed by atoms with E-state index >= 15 is 0 Å². The fourth-order valence-corrected chi connectivity index (χ4v) is 22.0. The fourth-order valence-electron chi connectivity index (χ4n) is 22.0. The number of fused-ring (bicyclic) bond motifs is 3. The molecule has 0 spiro atoms. The summed E-state index contributed by atoms with van der Waals surface area (Å²) in [5.74, 6) is 0. The first-order chi connectivity index (χ1) is 70.6. The van der Waals surface area contributed by atoms with Crippen LogP contribution in [0.25, 0.3) is 242 Å². The van der Waals surface area contributed by atoms with E-state index in [0.29, 0.717) is 5.56 Å². The summed E-state index contributed by atoms with van der Waals surface area (Å²) in [5, 5.41) is 22.9. The van der Waals surface area contributed by atoms with E-state index in [4.69, 9.17) is 6.85 Å². The van der Waals surface area contributed by atoms with Crippen LogP contribution in [0, 0.1) is 0 Å². The third kappa shape index (κ3) is 15.8. The van der Waals surface area contributed by atoms with Crippen molar-refractivity contribution in [2.75, 3.05) is 0 Å². The monoisotopic (exact) mass is 1810 g/mol. The van der Waals surface area contributed by atoms with Crippen molar-refractivity contribution in [2.45, 2.75) is 97.8 Å². The molecule has 1 aliphatic rings. The number of pyridine rings is 3. The van der Waals surface area contributed by atoms with Crippen LogP contribution in [0.5, 0.6) is 0 Å². The molecule has 141 heavy (non-hydrogen) atoms. The van der Waals surface area contributed by atoms with Gasteiger partial charge in [0.2, 0.25) is 0 Å². The maximum absolute atomic E-state index is 8.49. The first kappa shape index (κ1) is 81.6. The van der Waals surface area contributed by atoms with Gasteiger partial charge in [0.25, 0.3) is 0 Å². The number of benzene rings is 22. The Morgan fingerprint density at radius 2 is 0.468 bits per heavy atom. The topological polar surface area (TPSA) is 38.7 Å². The van der Waals surface area contributed by atoms with Gasteiger partial charge in [-0.2, -0.15) is 0 Å². The summed E-state index contributed by atoms with van der Waals surface area (Å²) in [6.45, 7) is 25.3. The highest BCUT2D eigenvalue weighted by atomic mass is 14.7. The third-order valence-corrected chi connectivity index (χ3v) is 29.6. The Bertz CT molecular complexity index is 9270. The van der Waals surface area contributed by atoms with Crippen molar-refractivity contribution in [2.24, 2.45) is 0 Å². The van der Waals surface area contributed by atoms with E-state index < -0.39 is 0 Å². The minimum Gasteiger partial charge on any atom is -0.256 e. The number of nitrogens with zero attached hydrogens (tertiary/aromatic N) is 3. The molecule has 0 saturated heterocycles. The molecule has 0 saturated carbocycles. The van der Waals surface area contributed by atoms with E-state index in [1.807, 2.05) is 85.3 Å². The van der Waals surface area contributed by atoms with Gasteiger partial charge in [-0.05, 0) is 331 Å². The van der Waals surface area contributed by atoms with Gasteiger partial charge in [-0.3, -0.25) is 15.0 Å². The van der Waals surface area contributed by atoms with Gasteiger partial charge in [-0.15, -0.1) is 0 Å². The Kier molecular flexibility index (Phi) is 20.0. The summed E-state index contributed by atoms with van der Waals surface area (Å²) in [4.78, 5) is 13.7. The maximum Gasteiger partial charge on any atom is 0.0701 e. The van der Waals surface area contributed by atoms with Crippen LogP contribution in [-0.2, 0) is 21.7 Å². The van der Waals surface area contributed by atoms with Gasteiger partial charge >= 0.3 is 0 Å². The molecule has 0 aliphatic heterocycles. The molecule has 0 amide bonds. The lowest BCUT2D eigenvalue weighted by Crippen LogP contribution is -2.14. The summed E-state index contributed by atoms with van der Waals surface area (Å²) in [7, 11) is 0. The molecule has 3 heterocycles. The van der Waals surface area contributed by atoms with Crippen molar-refractivity contribution in [1.82, 2.24) is 15.0 Å². The predicted octanol–water partition coefficient (Wildman–Crippen LogP) is 38.1. The van der Waals surface area contributed by atoms with Gasteiger partial charge in [-0.25, -0.2) is 0 Å². The minimum atomic E-state index is -0.390. The molecule has 674 valence electrons. The summed E-state index contributed by atoms with van der Waals surface area (Å²) in [6.07, 6.45) is 5.53. The Morgan fingerprint density at radius 1 is 0.191 bits per heavy atom. The summed E-state index contributed by atoms with van der Waals surface area (Å²) >= 11 is 0. The van der Waals surface area contributed by atoms with Crippen LogP contribution in [-0.4, -0.2) is 15.0 Å². The van der Waals surface area contributed by atoms with Crippen molar-refractivity contribution < 1.29 is 6.85 Å². The third-order valence-electron chi connectivity index (χ3n) is 29.6. The van der Waals surface area contributed by atoms with Crippen molar-refractivity contribution in [3.05, 3.63) is 477 Å². The molecule has 1 aliphatic carbocycles. The second kappa shape index (κ2) is 34.5. The van der Waals surface area contributed by atoms with Crippen LogP contribution < -0.4 is 0 Å². The van der Waals surface area contributed by atoms with Gasteiger partial charge in [0.1, 0.15) is 0 Å². The van der Waals surface area contributed by atoms with Crippen LogP contribution in [0.3, 0.4) is 0 Å². The van der Waals surface area contributed by atoms with Gasteiger partial charge < -0.3 is 0 Å². The molecular formula is C138H107N3. The molecule has 3 nitrogen and oxygen atoms in total. The fraction of sp³-hybridized carbons (Fsp3) is 0.109. The number of hydrogen-bond donors (Lipinski definition) is 0. The van der Waals surface area contributed by atoms with Gasteiger partial charge in [0, 0.05) is 40.7 Å². The summed E-state index contributed by atoms with van der Waals surface area (Å²) < 4.78 is 41.3. The van der Waals surface area contributed by atoms with E-state index in [0.717, 1.165) is 61.4 Å². The molecule has 0 radical (unpaired) electrons. The lowest BCUT2D eigenvalue weighted by molar-refractivity contribution is 0.591. The Hall–Kier alpha value is -16.6. The number of rotatable bonds is 12. The average molecular weight is 1810 g/mol. The molecular weight excluding hydrogens is 1700 g/mol. The summed E-state index contributed by atoms with van der Waals surface area (Å²) in [6, 6.07) is 145. The molecule has 3 heteroatoms. The first-order valence-electron chi connectivity index (χ1n) is 51.6. The SMILES string of the molecule is CC(C)(C)c1cc2ccc3c(-c4ccc(-c5ccccn5)cc4)cc(-c4cc(-c5ccccc5)cc(-c5ccccc5)c4)c4ccc(c1)c2c34.CC(C)(C)c1cc2ccc3c(-c4ccc(-c5ccccn5)cc4)cc(-c4ccc5c(c4)C(C)(C)c4ccccc4-5)c4ccc(c1)c2c34.[2H]c1c([2H])c([2H])c(-c2ccc(-c3cc(-c4ccc(-c5ccccn5)cc4)c4ccc5cc(C(C)(C)C)cc6ccc3c4c56)cc2)c([2H])c1[2H]. The van der Waals surface area contributed by atoms with Crippen LogP contribution in [0.15, 0.2) is 449 Å². The molecule has 3 aromatic heterocycles. The second-order valence-corrected chi connectivity index (χ2v) is 41.8.